The standard InChI is InChI=1S/C7H15NOS/c1-2-10-7(5-8)3-6(9)4-7/h6,9H,2-5,8H2,1H3. The van der Waals surface area contributed by atoms with Gasteiger partial charge in [0, 0.05) is 11.3 Å². The quantitative estimate of drug-likeness (QED) is 0.637. The maximum Gasteiger partial charge on any atom is 0.0567 e. The first-order valence-corrected chi connectivity index (χ1v) is 4.73. The molecule has 1 rings (SSSR count). The number of hydrogen-bond donors (Lipinski definition) is 2. The Morgan fingerprint density at radius 3 is 2.60 bits per heavy atom. The van der Waals surface area contributed by atoms with Gasteiger partial charge in [0.15, 0.2) is 0 Å². The lowest BCUT2D eigenvalue weighted by molar-refractivity contribution is 0.0644. The number of aliphatic hydroxyl groups excluding tert-OH is 1. The molecule has 0 bridgehead atoms. The minimum absolute atomic E-state index is 0.0809. The highest BCUT2D eigenvalue weighted by molar-refractivity contribution is 8.00. The van der Waals surface area contributed by atoms with Crippen LogP contribution in [0.15, 0.2) is 0 Å². The zero-order valence-corrected chi connectivity index (χ0v) is 7.16. The van der Waals surface area contributed by atoms with Crippen LogP contribution in [0.3, 0.4) is 0 Å². The zero-order valence-electron chi connectivity index (χ0n) is 6.34. The van der Waals surface area contributed by atoms with Crippen molar-refractivity contribution < 1.29 is 5.11 Å². The highest BCUT2D eigenvalue weighted by atomic mass is 32.2. The van der Waals surface area contributed by atoms with E-state index in [4.69, 9.17) is 10.8 Å². The molecule has 1 fully saturated rings. The molecule has 1 aliphatic rings. The summed E-state index contributed by atoms with van der Waals surface area (Å²) in [6, 6.07) is 0. The smallest absolute Gasteiger partial charge is 0.0567 e. The second kappa shape index (κ2) is 3.11. The first kappa shape index (κ1) is 8.37. The van der Waals surface area contributed by atoms with E-state index in [0.29, 0.717) is 6.54 Å². The number of aliphatic hydroxyl groups is 1. The van der Waals surface area contributed by atoms with Gasteiger partial charge in [0.2, 0.25) is 0 Å². The summed E-state index contributed by atoms with van der Waals surface area (Å²) in [5.74, 6) is 1.10. The molecule has 0 aromatic rings. The van der Waals surface area contributed by atoms with Crippen LogP contribution in [0.4, 0.5) is 0 Å². The van der Waals surface area contributed by atoms with Crippen LogP contribution in [0.5, 0.6) is 0 Å². The molecule has 1 saturated carbocycles. The van der Waals surface area contributed by atoms with Crippen molar-refractivity contribution in [2.75, 3.05) is 12.3 Å². The van der Waals surface area contributed by atoms with Gasteiger partial charge in [0.25, 0.3) is 0 Å². The molecule has 3 N–H and O–H groups in total. The van der Waals surface area contributed by atoms with Crippen LogP contribution < -0.4 is 5.73 Å². The molecule has 0 saturated heterocycles. The zero-order chi connectivity index (χ0) is 7.61. The molecule has 0 atom stereocenters. The van der Waals surface area contributed by atoms with E-state index in [1.807, 2.05) is 11.8 Å². The van der Waals surface area contributed by atoms with Gasteiger partial charge in [-0.1, -0.05) is 6.92 Å². The lowest BCUT2D eigenvalue weighted by Crippen LogP contribution is -2.49. The Bertz CT molecular complexity index is 107. The van der Waals surface area contributed by atoms with E-state index in [0.717, 1.165) is 18.6 Å². The molecule has 0 aromatic carbocycles. The molecule has 0 heterocycles. The number of thioether (sulfide) groups is 1. The predicted octanol–water partition coefficient (Wildman–Crippen LogP) is 0.592. The monoisotopic (exact) mass is 161 g/mol. The summed E-state index contributed by atoms with van der Waals surface area (Å²) in [6.07, 6.45) is 1.70. The highest BCUT2D eigenvalue weighted by Crippen LogP contribution is 2.43. The van der Waals surface area contributed by atoms with E-state index >= 15 is 0 Å². The molecule has 10 heavy (non-hydrogen) atoms. The first-order chi connectivity index (χ1) is 4.72. The Morgan fingerprint density at radius 1 is 1.70 bits per heavy atom. The SMILES string of the molecule is CCSC1(CN)CC(O)C1. The Balaban J connectivity index is 2.32. The van der Waals surface area contributed by atoms with Crippen molar-refractivity contribution in [3.63, 3.8) is 0 Å². The molecule has 60 valence electrons. The Labute approximate surface area is 66.2 Å². The molecule has 0 amide bonds. The van der Waals surface area contributed by atoms with Gasteiger partial charge < -0.3 is 10.8 Å². The van der Waals surface area contributed by atoms with Gasteiger partial charge in [0.05, 0.1) is 6.10 Å². The molecule has 1 aliphatic carbocycles. The van der Waals surface area contributed by atoms with E-state index in [1.165, 1.54) is 0 Å². The summed E-state index contributed by atoms with van der Waals surface area (Å²) in [4.78, 5) is 0. The fraction of sp³-hybridized carbons (Fsp3) is 1.00. The molecular formula is C7H15NOS. The highest BCUT2D eigenvalue weighted by Gasteiger charge is 2.42. The average molecular weight is 161 g/mol. The van der Waals surface area contributed by atoms with Crippen LogP contribution in [0.1, 0.15) is 19.8 Å². The lowest BCUT2D eigenvalue weighted by Gasteiger charge is -2.43. The van der Waals surface area contributed by atoms with Crippen molar-refractivity contribution >= 4 is 11.8 Å². The molecule has 3 heteroatoms. The van der Waals surface area contributed by atoms with Crippen molar-refractivity contribution in [3.05, 3.63) is 0 Å². The Morgan fingerprint density at radius 2 is 2.30 bits per heavy atom. The molecular weight excluding hydrogens is 146 g/mol. The summed E-state index contributed by atoms with van der Waals surface area (Å²) in [5, 5.41) is 9.07. The topological polar surface area (TPSA) is 46.2 Å². The summed E-state index contributed by atoms with van der Waals surface area (Å²) < 4.78 is 0.230. The number of nitrogens with two attached hydrogens (primary N) is 1. The van der Waals surface area contributed by atoms with Crippen molar-refractivity contribution in [1.82, 2.24) is 0 Å². The van der Waals surface area contributed by atoms with Gasteiger partial charge >= 0.3 is 0 Å². The minimum atomic E-state index is -0.0809. The van der Waals surface area contributed by atoms with Crippen molar-refractivity contribution in [2.24, 2.45) is 5.73 Å². The van der Waals surface area contributed by atoms with E-state index < -0.39 is 0 Å². The van der Waals surface area contributed by atoms with Gasteiger partial charge in [0.1, 0.15) is 0 Å². The molecule has 0 aromatic heterocycles. The largest absolute Gasteiger partial charge is 0.393 e. The van der Waals surface area contributed by atoms with Crippen LogP contribution in [0.25, 0.3) is 0 Å². The van der Waals surface area contributed by atoms with Crippen LogP contribution in [0.2, 0.25) is 0 Å². The Kier molecular flexibility index (Phi) is 2.61. The van der Waals surface area contributed by atoms with Gasteiger partial charge in [-0.05, 0) is 18.6 Å². The van der Waals surface area contributed by atoms with Crippen molar-refractivity contribution in [1.29, 1.82) is 0 Å². The van der Waals surface area contributed by atoms with Gasteiger partial charge in [-0.3, -0.25) is 0 Å². The second-order valence-electron chi connectivity index (χ2n) is 2.88. The van der Waals surface area contributed by atoms with Crippen LogP contribution in [-0.4, -0.2) is 28.3 Å². The van der Waals surface area contributed by atoms with Crippen LogP contribution in [-0.2, 0) is 0 Å². The van der Waals surface area contributed by atoms with Gasteiger partial charge in [-0.25, -0.2) is 0 Å². The molecule has 0 spiro atoms. The van der Waals surface area contributed by atoms with Crippen LogP contribution in [0, 0.1) is 0 Å². The van der Waals surface area contributed by atoms with E-state index in [2.05, 4.69) is 6.92 Å². The third-order valence-electron chi connectivity index (χ3n) is 2.04. The van der Waals surface area contributed by atoms with Crippen molar-refractivity contribution in [2.45, 2.75) is 30.6 Å². The fourth-order valence-electron chi connectivity index (χ4n) is 1.45. The van der Waals surface area contributed by atoms with E-state index in [-0.39, 0.29) is 10.9 Å². The molecule has 0 aliphatic heterocycles. The summed E-state index contributed by atoms with van der Waals surface area (Å²) >= 11 is 1.88. The van der Waals surface area contributed by atoms with Crippen LogP contribution >= 0.6 is 11.8 Å². The lowest BCUT2D eigenvalue weighted by atomic mass is 9.81. The van der Waals surface area contributed by atoms with Gasteiger partial charge in [-0.15, -0.1) is 0 Å². The summed E-state index contributed by atoms with van der Waals surface area (Å²) in [6.45, 7) is 2.84. The summed E-state index contributed by atoms with van der Waals surface area (Å²) in [7, 11) is 0. The Hall–Kier alpha value is 0.270. The second-order valence-corrected chi connectivity index (χ2v) is 4.61. The number of hydrogen-bond acceptors (Lipinski definition) is 3. The maximum atomic E-state index is 9.07. The molecule has 0 unspecified atom stereocenters. The molecule has 2 nitrogen and oxygen atoms in total. The number of rotatable bonds is 3. The van der Waals surface area contributed by atoms with Crippen molar-refractivity contribution in [3.8, 4) is 0 Å². The molecule has 0 radical (unpaired) electrons. The minimum Gasteiger partial charge on any atom is -0.393 e. The first-order valence-electron chi connectivity index (χ1n) is 3.74. The average Bonchev–Trinajstić information content (AvgIpc) is 1.84. The maximum absolute atomic E-state index is 9.07. The fourth-order valence-corrected chi connectivity index (χ4v) is 2.80. The normalized spacial score (nSPS) is 39.3. The third-order valence-corrected chi connectivity index (χ3v) is 3.44. The third kappa shape index (κ3) is 1.47. The summed E-state index contributed by atoms with van der Waals surface area (Å²) in [5.41, 5.74) is 5.59. The van der Waals surface area contributed by atoms with E-state index in [9.17, 15) is 0 Å². The predicted molar refractivity (Wildman–Crippen MR) is 45.2 cm³/mol. The van der Waals surface area contributed by atoms with E-state index in [1.54, 1.807) is 0 Å². The van der Waals surface area contributed by atoms with Gasteiger partial charge in [-0.2, -0.15) is 11.8 Å².